The van der Waals surface area contributed by atoms with Gasteiger partial charge in [0.2, 0.25) is 0 Å². The summed E-state index contributed by atoms with van der Waals surface area (Å²) in [6, 6.07) is 24.8. The molecule has 0 radical (unpaired) electrons. The first-order valence-corrected chi connectivity index (χ1v) is 7.36. The van der Waals surface area contributed by atoms with E-state index in [1.807, 2.05) is 72.8 Å². The summed E-state index contributed by atoms with van der Waals surface area (Å²) in [6.45, 7) is 0. The third-order valence-electron chi connectivity index (χ3n) is 3.49. The minimum Gasteiger partial charge on any atom is -0.481 e. The number of carbonyl (C=O) groups is 1. The number of rotatable bonds is 5. The number of hydrogen-bond donors (Lipinski definition) is 1. The first kappa shape index (κ1) is 17.2. The van der Waals surface area contributed by atoms with Gasteiger partial charge >= 0.3 is 5.97 Å². The molecule has 4 nitrogen and oxygen atoms in total. The maximum atomic E-state index is 11.2. The quantitative estimate of drug-likeness (QED) is 0.772. The van der Waals surface area contributed by atoms with Crippen LogP contribution in [-0.4, -0.2) is 16.6 Å². The molecule has 0 atom stereocenters. The minimum atomic E-state index is -0.881. The van der Waals surface area contributed by atoms with E-state index in [1.165, 1.54) is 0 Å². The molecule has 0 saturated carbocycles. The predicted molar refractivity (Wildman–Crippen MR) is 93.3 cm³/mol. The van der Waals surface area contributed by atoms with Gasteiger partial charge in [0.1, 0.15) is 11.5 Å². The Kier molecular flexibility index (Phi) is 5.71. The zero-order chi connectivity index (χ0) is 16.1. The monoisotopic (exact) mass is 322 g/mol. The van der Waals surface area contributed by atoms with Crippen LogP contribution in [0.4, 0.5) is 0 Å². The topological polar surface area (TPSA) is 78.0 Å². The van der Waals surface area contributed by atoms with Gasteiger partial charge in [0.15, 0.2) is 0 Å². The highest BCUT2D eigenvalue weighted by atomic mass is 16.5. The molecule has 24 heavy (non-hydrogen) atoms. The maximum Gasteiger partial charge on any atom is 0.307 e. The van der Waals surface area contributed by atoms with E-state index in [-0.39, 0.29) is 11.9 Å². The van der Waals surface area contributed by atoms with Crippen molar-refractivity contribution < 1.29 is 20.1 Å². The Morgan fingerprint density at radius 2 is 1.46 bits per heavy atom. The predicted octanol–water partition coefficient (Wildman–Crippen LogP) is 3.95. The number of ether oxygens (including phenoxy) is 1. The lowest BCUT2D eigenvalue weighted by atomic mass is 10.00. The fraction of sp³-hybridized carbons (Fsp3) is 0.0500. The number of hydrogen-bond acceptors (Lipinski definition) is 2. The normalized spacial score (nSPS) is 9.83. The summed E-state index contributed by atoms with van der Waals surface area (Å²) in [6.07, 6.45) is -0.0805. The Labute approximate surface area is 140 Å². The molecule has 0 aliphatic rings. The summed E-state index contributed by atoms with van der Waals surface area (Å²) >= 11 is 0. The van der Waals surface area contributed by atoms with E-state index in [0.29, 0.717) is 17.1 Å². The van der Waals surface area contributed by atoms with Crippen LogP contribution < -0.4 is 4.74 Å². The van der Waals surface area contributed by atoms with Crippen molar-refractivity contribution in [3.8, 4) is 22.6 Å². The van der Waals surface area contributed by atoms with E-state index >= 15 is 0 Å². The van der Waals surface area contributed by atoms with Gasteiger partial charge < -0.3 is 15.3 Å². The molecule has 3 rings (SSSR count). The van der Waals surface area contributed by atoms with Crippen molar-refractivity contribution >= 4 is 5.97 Å². The number of para-hydroxylation sites is 2. The van der Waals surface area contributed by atoms with Gasteiger partial charge in [0, 0.05) is 11.1 Å². The van der Waals surface area contributed by atoms with Gasteiger partial charge in [-0.25, -0.2) is 0 Å². The standard InChI is InChI=1S/C20H16O3.H2O/c21-19(22)14-16-10-7-13-18(15-8-3-1-4-9-15)20(16)23-17-11-5-2-6-12-17;/h1-13H,14H2,(H,21,22);1H2. The van der Waals surface area contributed by atoms with E-state index in [1.54, 1.807) is 6.07 Å². The molecular weight excluding hydrogens is 304 g/mol. The smallest absolute Gasteiger partial charge is 0.307 e. The van der Waals surface area contributed by atoms with Crippen molar-refractivity contribution in [3.63, 3.8) is 0 Å². The second kappa shape index (κ2) is 7.94. The Hall–Kier alpha value is -3.11. The van der Waals surface area contributed by atoms with Crippen LogP contribution in [0.5, 0.6) is 11.5 Å². The van der Waals surface area contributed by atoms with Gasteiger partial charge in [-0.3, -0.25) is 4.79 Å². The van der Waals surface area contributed by atoms with E-state index in [2.05, 4.69) is 0 Å². The van der Waals surface area contributed by atoms with Gasteiger partial charge in [-0.15, -0.1) is 0 Å². The van der Waals surface area contributed by atoms with Gasteiger partial charge in [0.25, 0.3) is 0 Å². The van der Waals surface area contributed by atoms with Gasteiger partial charge in [0.05, 0.1) is 6.42 Å². The van der Waals surface area contributed by atoms with Crippen LogP contribution in [0.15, 0.2) is 78.9 Å². The van der Waals surface area contributed by atoms with Gasteiger partial charge in [-0.05, 0) is 17.7 Å². The second-order valence-electron chi connectivity index (χ2n) is 5.15. The lowest BCUT2D eigenvalue weighted by molar-refractivity contribution is -0.136. The van der Waals surface area contributed by atoms with Crippen molar-refractivity contribution in [2.45, 2.75) is 6.42 Å². The average Bonchev–Trinajstić information content (AvgIpc) is 2.58. The third-order valence-corrected chi connectivity index (χ3v) is 3.49. The van der Waals surface area contributed by atoms with Crippen molar-refractivity contribution in [3.05, 3.63) is 84.4 Å². The Balaban J connectivity index is 0.00000208. The minimum absolute atomic E-state index is 0. The summed E-state index contributed by atoms with van der Waals surface area (Å²) < 4.78 is 6.03. The number of carboxylic acid groups (broad SMARTS) is 1. The summed E-state index contributed by atoms with van der Waals surface area (Å²) in [5.41, 5.74) is 2.53. The first-order chi connectivity index (χ1) is 11.2. The molecule has 0 aliphatic carbocycles. The van der Waals surface area contributed by atoms with E-state index < -0.39 is 5.97 Å². The van der Waals surface area contributed by atoms with Crippen molar-refractivity contribution in [2.75, 3.05) is 0 Å². The number of benzene rings is 3. The maximum absolute atomic E-state index is 11.2. The molecule has 4 heteroatoms. The highest BCUT2D eigenvalue weighted by Crippen LogP contribution is 2.36. The molecule has 0 fully saturated rings. The molecule has 3 N–H and O–H groups in total. The summed E-state index contributed by atoms with van der Waals surface area (Å²) in [4.78, 5) is 11.2. The average molecular weight is 322 g/mol. The fourth-order valence-electron chi connectivity index (χ4n) is 2.46. The molecular formula is C20H18O4. The summed E-state index contributed by atoms with van der Waals surface area (Å²) in [5.74, 6) is 0.392. The lowest BCUT2D eigenvalue weighted by Gasteiger charge is -2.15. The molecule has 0 aliphatic heterocycles. The Bertz CT molecular complexity index is 798. The molecule has 3 aromatic rings. The van der Waals surface area contributed by atoms with Crippen LogP contribution in [0, 0.1) is 0 Å². The Morgan fingerprint density at radius 3 is 2.08 bits per heavy atom. The van der Waals surface area contributed by atoms with E-state index in [0.717, 1.165) is 11.1 Å². The zero-order valence-corrected chi connectivity index (χ0v) is 13.0. The number of carboxylic acids is 1. The molecule has 0 aromatic heterocycles. The third kappa shape index (κ3) is 4.00. The molecule has 0 amide bonds. The van der Waals surface area contributed by atoms with Crippen LogP contribution in [0.1, 0.15) is 5.56 Å². The highest BCUT2D eigenvalue weighted by molar-refractivity contribution is 5.77. The fourth-order valence-corrected chi connectivity index (χ4v) is 2.46. The molecule has 0 bridgehead atoms. The van der Waals surface area contributed by atoms with E-state index in [9.17, 15) is 4.79 Å². The zero-order valence-electron chi connectivity index (χ0n) is 13.0. The van der Waals surface area contributed by atoms with E-state index in [4.69, 9.17) is 9.84 Å². The lowest BCUT2D eigenvalue weighted by Crippen LogP contribution is -2.03. The highest BCUT2D eigenvalue weighted by Gasteiger charge is 2.14. The van der Waals surface area contributed by atoms with Crippen molar-refractivity contribution in [1.29, 1.82) is 0 Å². The molecule has 3 aromatic carbocycles. The van der Waals surface area contributed by atoms with Crippen LogP contribution >= 0.6 is 0 Å². The van der Waals surface area contributed by atoms with Crippen molar-refractivity contribution in [2.24, 2.45) is 0 Å². The molecule has 122 valence electrons. The molecule has 0 unspecified atom stereocenters. The largest absolute Gasteiger partial charge is 0.481 e. The van der Waals surface area contributed by atoms with Gasteiger partial charge in [-0.2, -0.15) is 0 Å². The van der Waals surface area contributed by atoms with Crippen molar-refractivity contribution in [1.82, 2.24) is 0 Å². The van der Waals surface area contributed by atoms with Crippen LogP contribution in [-0.2, 0) is 11.2 Å². The summed E-state index contributed by atoms with van der Waals surface area (Å²) in [5, 5.41) is 9.16. The van der Waals surface area contributed by atoms with Crippen LogP contribution in [0.2, 0.25) is 0 Å². The summed E-state index contributed by atoms with van der Waals surface area (Å²) in [7, 11) is 0. The van der Waals surface area contributed by atoms with Crippen LogP contribution in [0.25, 0.3) is 11.1 Å². The SMILES string of the molecule is O.O=C(O)Cc1cccc(-c2ccccc2)c1Oc1ccccc1. The second-order valence-corrected chi connectivity index (χ2v) is 5.15. The van der Waals surface area contributed by atoms with Gasteiger partial charge in [-0.1, -0.05) is 66.7 Å². The Morgan fingerprint density at radius 1 is 0.833 bits per heavy atom. The first-order valence-electron chi connectivity index (χ1n) is 7.36. The molecule has 0 spiro atoms. The molecule has 0 heterocycles. The number of aliphatic carboxylic acids is 1. The van der Waals surface area contributed by atoms with Crippen LogP contribution in [0.3, 0.4) is 0 Å². The molecule has 0 saturated heterocycles.